The van der Waals surface area contributed by atoms with Gasteiger partial charge in [0.1, 0.15) is 16.9 Å². The Labute approximate surface area is 191 Å². The zero-order valence-electron chi connectivity index (χ0n) is 17.5. The molecule has 33 heavy (non-hydrogen) atoms. The van der Waals surface area contributed by atoms with Gasteiger partial charge in [-0.25, -0.2) is 4.98 Å². The molecule has 10 heteroatoms. The molecule has 176 valence electrons. The van der Waals surface area contributed by atoms with Gasteiger partial charge in [-0.2, -0.15) is 17.6 Å². The normalized spacial score (nSPS) is 13.5. The zero-order valence-corrected chi connectivity index (χ0v) is 18.3. The third kappa shape index (κ3) is 6.29. The first-order chi connectivity index (χ1) is 15.7. The smallest absolute Gasteiger partial charge is 0.461 e. The molecule has 1 heterocycles. The number of thiazole rings is 1. The van der Waals surface area contributed by atoms with E-state index >= 15 is 0 Å². The standard InChI is InChI=1S/C23H21F4NO4S/c1-2-31-21(30)17(12-14-7-6-10-16(11-14)32-23(26,27)22(24)25)19(29)18-13-33-20(28-18)15-8-4-3-5-9-15/h3-11,13,17,19,22,29H,2,12H2,1H3. The van der Waals surface area contributed by atoms with Crippen LogP contribution < -0.4 is 4.74 Å². The molecular weight excluding hydrogens is 462 g/mol. The molecule has 0 fully saturated rings. The second kappa shape index (κ2) is 10.8. The van der Waals surface area contributed by atoms with Crippen molar-refractivity contribution in [3.63, 3.8) is 0 Å². The maximum Gasteiger partial charge on any atom is 0.461 e. The second-order valence-electron chi connectivity index (χ2n) is 7.06. The van der Waals surface area contributed by atoms with Crippen LogP contribution >= 0.6 is 11.3 Å². The molecule has 0 saturated carbocycles. The van der Waals surface area contributed by atoms with E-state index in [2.05, 4.69) is 9.72 Å². The van der Waals surface area contributed by atoms with Crippen LogP contribution in [0.25, 0.3) is 10.6 Å². The van der Waals surface area contributed by atoms with Gasteiger partial charge in [0.2, 0.25) is 0 Å². The van der Waals surface area contributed by atoms with Gasteiger partial charge in [-0.05, 0) is 31.0 Å². The molecule has 3 rings (SSSR count). The topological polar surface area (TPSA) is 68.7 Å². The van der Waals surface area contributed by atoms with Crippen molar-refractivity contribution in [2.75, 3.05) is 6.61 Å². The number of carbonyl (C=O) groups excluding carboxylic acids is 1. The number of hydrogen-bond acceptors (Lipinski definition) is 6. The highest BCUT2D eigenvalue weighted by Gasteiger charge is 2.44. The molecule has 0 bridgehead atoms. The Bertz CT molecular complexity index is 1060. The predicted molar refractivity (Wildman–Crippen MR) is 114 cm³/mol. The van der Waals surface area contributed by atoms with Gasteiger partial charge in [-0.3, -0.25) is 4.79 Å². The molecule has 0 amide bonds. The summed E-state index contributed by atoms with van der Waals surface area (Å²) in [4.78, 5) is 17.0. The highest BCUT2D eigenvalue weighted by Crippen LogP contribution is 2.33. The van der Waals surface area contributed by atoms with Crippen molar-refractivity contribution in [3.8, 4) is 16.3 Å². The van der Waals surface area contributed by atoms with Crippen LogP contribution in [0.1, 0.15) is 24.3 Å². The van der Waals surface area contributed by atoms with Crippen LogP contribution in [0.3, 0.4) is 0 Å². The molecule has 0 radical (unpaired) electrons. The first kappa shape index (κ1) is 24.7. The van der Waals surface area contributed by atoms with E-state index in [1.165, 1.54) is 23.5 Å². The fraction of sp³-hybridized carbons (Fsp3) is 0.304. The first-order valence-electron chi connectivity index (χ1n) is 10.0. The minimum absolute atomic E-state index is 0.0676. The van der Waals surface area contributed by atoms with Crippen LogP contribution in [-0.4, -0.2) is 35.2 Å². The second-order valence-corrected chi connectivity index (χ2v) is 7.92. The summed E-state index contributed by atoms with van der Waals surface area (Å²) in [6, 6.07) is 14.3. The Morgan fingerprint density at radius 2 is 1.88 bits per heavy atom. The van der Waals surface area contributed by atoms with E-state index in [-0.39, 0.29) is 18.7 Å². The van der Waals surface area contributed by atoms with E-state index in [0.717, 1.165) is 17.7 Å². The zero-order chi connectivity index (χ0) is 24.0. The number of esters is 1. The molecule has 2 unspecified atom stereocenters. The molecule has 2 aromatic carbocycles. The van der Waals surface area contributed by atoms with Crippen molar-refractivity contribution in [1.29, 1.82) is 0 Å². The number of ether oxygens (including phenoxy) is 2. The Kier molecular flexibility index (Phi) is 8.04. The summed E-state index contributed by atoms with van der Waals surface area (Å²) >= 11 is 1.29. The Morgan fingerprint density at radius 3 is 2.55 bits per heavy atom. The predicted octanol–water partition coefficient (Wildman–Crippen LogP) is 5.50. The summed E-state index contributed by atoms with van der Waals surface area (Å²) in [5.41, 5.74) is 1.42. The van der Waals surface area contributed by atoms with E-state index in [1.807, 2.05) is 30.3 Å². The number of carbonyl (C=O) groups is 1. The number of hydrogen-bond donors (Lipinski definition) is 1. The van der Waals surface area contributed by atoms with E-state index in [4.69, 9.17) is 4.74 Å². The molecule has 0 aliphatic heterocycles. The van der Waals surface area contributed by atoms with Crippen molar-refractivity contribution >= 4 is 17.3 Å². The van der Waals surface area contributed by atoms with Crippen LogP contribution in [0.2, 0.25) is 0 Å². The number of aromatic nitrogens is 1. The highest BCUT2D eigenvalue weighted by atomic mass is 32.1. The molecule has 3 aromatic rings. The van der Waals surface area contributed by atoms with Gasteiger partial charge >= 0.3 is 18.5 Å². The van der Waals surface area contributed by atoms with Gasteiger partial charge in [0.05, 0.1) is 18.2 Å². The van der Waals surface area contributed by atoms with Gasteiger partial charge in [0, 0.05) is 10.9 Å². The van der Waals surface area contributed by atoms with Gasteiger partial charge in [-0.1, -0.05) is 42.5 Å². The SMILES string of the molecule is CCOC(=O)C(Cc1cccc(OC(F)(F)C(F)F)c1)C(O)c1csc(-c2ccccc2)n1. The van der Waals surface area contributed by atoms with Crippen LogP contribution in [-0.2, 0) is 16.0 Å². The average molecular weight is 483 g/mol. The summed E-state index contributed by atoms with van der Waals surface area (Å²) in [6.07, 6.45) is -10.1. The average Bonchev–Trinajstić information content (AvgIpc) is 3.28. The fourth-order valence-electron chi connectivity index (χ4n) is 3.11. The largest absolute Gasteiger partial charge is 0.466 e. The minimum Gasteiger partial charge on any atom is -0.466 e. The lowest BCUT2D eigenvalue weighted by Gasteiger charge is -2.21. The molecule has 5 nitrogen and oxygen atoms in total. The van der Waals surface area contributed by atoms with Gasteiger partial charge in [0.25, 0.3) is 0 Å². The lowest BCUT2D eigenvalue weighted by atomic mass is 9.92. The maximum atomic E-state index is 13.3. The van der Waals surface area contributed by atoms with Gasteiger partial charge < -0.3 is 14.6 Å². The monoisotopic (exact) mass is 483 g/mol. The lowest BCUT2D eigenvalue weighted by Crippen LogP contribution is -2.33. The van der Waals surface area contributed by atoms with Crippen molar-refractivity contribution in [3.05, 3.63) is 71.2 Å². The van der Waals surface area contributed by atoms with Crippen molar-refractivity contribution in [1.82, 2.24) is 4.98 Å². The van der Waals surface area contributed by atoms with Crippen LogP contribution in [0.5, 0.6) is 5.75 Å². The third-order valence-corrected chi connectivity index (χ3v) is 5.59. The van der Waals surface area contributed by atoms with Crippen LogP contribution in [0.15, 0.2) is 60.0 Å². The lowest BCUT2D eigenvalue weighted by molar-refractivity contribution is -0.253. The highest BCUT2D eigenvalue weighted by molar-refractivity contribution is 7.13. The summed E-state index contributed by atoms with van der Waals surface area (Å²) < 4.78 is 60.6. The molecule has 2 atom stereocenters. The Hall–Kier alpha value is -2.98. The Morgan fingerprint density at radius 1 is 1.15 bits per heavy atom. The summed E-state index contributed by atoms with van der Waals surface area (Å²) in [5.74, 6) is -2.31. The van der Waals surface area contributed by atoms with Crippen LogP contribution in [0, 0.1) is 5.92 Å². The molecule has 1 N–H and O–H groups in total. The number of aliphatic hydroxyl groups excluding tert-OH is 1. The van der Waals surface area contributed by atoms with E-state index in [1.54, 1.807) is 12.3 Å². The molecule has 0 aliphatic rings. The molecule has 0 spiro atoms. The van der Waals surface area contributed by atoms with E-state index < -0.39 is 36.3 Å². The molecule has 1 aromatic heterocycles. The fourth-order valence-corrected chi connectivity index (χ4v) is 3.96. The summed E-state index contributed by atoms with van der Waals surface area (Å²) in [6.45, 7) is 1.68. The molecular formula is C23H21F4NO4S. The van der Waals surface area contributed by atoms with Crippen molar-refractivity contribution in [2.24, 2.45) is 5.92 Å². The quantitative estimate of drug-likeness (QED) is 0.305. The number of alkyl halides is 4. The van der Waals surface area contributed by atoms with Gasteiger partial charge in [0.15, 0.2) is 0 Å². The van der Waals surface area contributed by atoms with Crippen molar-refractivity contribution in [2.45, 2.75) is 32.0 Å². The summed E-state index contributed by atoms with van der Waals surface area (Å²) in [7, 11) is 0. The molecule has 0 saturated heterocycles. The number of nitrogens with zero attached hydrogens (tertiary/aromatic N) is 1. The first-order valence-corrected chi connectivity index (χ1v) is 10.9. The maximum absolute atomic E-state index is 13.3. The molecule has 0 aliphatic carbocycles. The Balaban J connectivity index is 1.83. The third-order valence-electron chi connectivity index (χ3n) is 4.68. The number of benzene rings is 2. The van der Waals surface area contributed by atoms with Gasteiger partial charge in [-0.15, -0.1) is 11.3 Å². The van der Waals surface area contributed by atoms with Crippen molar-refractivity contribution < 1.29 is 36.9 Å². The number of aliphatic hydroxyl groups is 1. The number of rotatable bonds is 10. The number of halogens is 4. The van der Waals surface area contributed by atoms with E-state index in [0.29, 0.717) is 10.6 Å². The van der Waals surface area contributed by atoms with E-state index in [9.17, 15) is 27.5 Å². The summed E-state index contributed by atoms with van der Waals surface area (Å²) in [5, 5.41) is 13.2. The van der Waals surface area contributed by atoms with Crippen LogP contribution in [0.4, 0.5) is 17.6 Å². The minimum atomic E-state index is -4.66.